The van der Waals surface area contributed by atoms with Crippen molar-refractivity contribution in [2.45, 2.75) is 44.7 Å². The molecule has 118 valence electrons. The number of rotatable bonds is 7. The van der Waals surface area contributed by atoms with E-state index in [4.69, 9.17) is 4.74 Å². The predicted octanol–water partition coefficient (Wildman–Crippen LogP) is 3.18. The van der Waals surface area contributed by atoms with Crippen LogP contribution in [0.3, 0.4) is 0 Å². The lowest BCUT2D eigenvalue weighted by atomic mass is 9.77. The Balaban J connectivity index is 2.23. The summed E-state index contributed by atoms with van der Waals surface area (Å²) in [7, 11) is 4.00. The Labute approximate surface area is 129 Å². The second-order valence-electron chi connectivity index (χ2n) is 6.24. The summed E-state index contributed by atoms with van der Waals surface area (Å²) in [5, 5.41) is 3.77. The van der Waals surface area contributed by atoms with Gasteiger partial charge in [-0.2, -0.15) is 0 Å². The van der Waals surface area contributed by atoms with Crippen molar-refractivity contribution in [2.75, 3.05) is 33.9 Å². The SMILES string of the molecule is CCCNC1c2ccccc2C(C)CC1N(C)CCOC. The third-order valence-corrected chi connectivity index (χ3v) is 4.67. The molecular weight excluding hydrogens is 260 g/mol. The normalized spacial score (nSPS) is 25.1. The molecule has 0 radical (unpaired) electrons. The van der Waals surface area contributed by atoms with Crippen LogP contribution in [0.1, 0.15) is 49.8 Å². The summed E-state index contributed by atoms with van der Waals surface area (Å²) < 4.78 is 5.25. The van der Waals surface area contributed by atoms with Crippen molar-refractivity contribution >= 4 is 0 Å². The fraction of sp³-hybridized carbons (Fsp3) is 0.667. The molecule has 0 spiro atoms. The highest BCUT2D eigenvalue weighted by Crippen LogP contribution is 2.39. The van der Waals surface area contributed by atoms with Gasteiger partial charge in [-0.1, -0.05) is 38.1 Å². The van der Waals surface area contributed by atoms with Gasteiger partial charge in [0.2, 0.25) is 0 Å². The second kappa shape index (κ2) is 7.92. The molecule has 0 aromatic heterocycles. The molecule has 0 fully saturated rings. The van der Waals surface area contributed by atoms with Crippen molar-refractivity contribution < 1.29 is 4.74 Å². The minimum absolute atomic E-state index is 0.430. The lowest BCUT2D eigenvalue weighted by Crippen LogP contribution is -2.47. The monoisotopic (exact) mass is 290 g/mol. The average Bonchev–Trinajstić information content (AvgIpc) is 2.51. The molecule has 1 aromatic carbocycles. The van der Waals surface area contributed by atoms with E-state index in [0.717, 1.165) is 19.7 Å². The number of nitrogens with one attached hydrogen (secondary N) is 1. The first-order valence-electron chi connectivity index (χ1n) is 8.20. The van der Waals surface area contributed by atoms with Crippen LogP contribution in [0.2, 0.25) is 0 Å². The highest BCUT2D eigenvalue weighted by atomic mass is 16.5. The summed E-state index contributed by atoms with van der Waals surface area (Å²) in [5.74, 6) is 0.621. The Kier molecular flexibility index (Phi) is 6.22. The molecule has 1 aliphatic rings. The first-order chi connectivity index (χ1) is 10.2. The molecule has 1 aliphatic carbocycles. The van der Waals surface area contributed by atoms with Crippen LogP contribution in [0.25, 0.3) is 0 Å². The summed E-state index contributed by atoms with van der Waals surface area (Å²) in [4.78, 5) is 2.46. The summed E-state index contributed by atoms with van der Waals surface area (Å²) in [5.41, 5.74) is 3.00. The maximum atomic E-state index is 5.25. The molecule has 0 saturated heterocycles. The maximum absolute atomic E-state index is 5.25. The zero-order valence-electron chi connectivity index (χ0n) is 13.9. The van der Waals surface area contributed by atoms with Crippen molar-refractivity contribution in [1.82, 2.24) is 10.2 Å². The Morgan fingerprint density at radius 1 is 1.29 bits per heavy atom. The third-order valence-electron chi connectivity index (χ3n) is 4.67. The summed E-state index contributed by atoms with van der Waals surface area (Å²) in [6.45, 7) is 7.44. The maximum Gasteiger partial charge on any atom is 0.0589 e. The number of likely N-dealkylation sites (N-methyl/N-ethyl adjacent to an activating group) is 1. The molecule has 0 aliphatic heterocycles. The van der Waals surface area contributed by atoms with E-state index < -0.39 is 0 Å². The number of methoxy groups -OCH3 is 1. The smallest absolute Gasteiger partial charge is 0.0589 e. The number of hydrogen-bond acceptors (Lipinski definition) is 3. The number of ether oxygens (including phenoxy) is 1. The average molecular weight is 290 g/mol. The van der Waals surface area contributed by atoms with Crippen molar-refractivity contribution in [1.29, 1.82) is 0 Å². The highest BCUT2D eigenvalue weighted by molar-refractivity contribution is 5.36. The van der Waals surface area contributed by atoms with E-state index >= 15 is 0 Å². The number of benzene rings is 1. The van der Waals surface area contributed by atoms with Crippen molar-refractivity contribution in [2.24, 2.45) is 0 Å². The van der Waals surface area contributed by atoms with E-state index in [1.807, 2.05) is 0 Å². The lowest BCUT2D eigenvalue weighted by Gasteiger charge is -2.42. The number of nitrogens with zero attached hydrogens (tertiary/aromatic N) is 1. The number of fused-ring (bicyclic) bond motifs is 1. The lowest BCUT2D eigenvalue weighted by molar-refractivity contribution is 0.110. The molecule has 0 amide bonds. The Bertz CT molecular complexity index is 435. The quantitative estimate of drug-likeness (QED) is 0.834. The van der Waals surface area contributed by atoms with Gasteiger partial charge in [0, 0.05) is 25.7 Å². The fourth-order valence-electron chi connectivity index (χ4n) is 3.46. The fourth-order valence-corrected chi connectivity index (χ4v) is 3.46. The summed E-state index contributed by atoms with van der Waals surface area (Å²) in [6, 6.07) is 9.91. The summed E-state index contributed by atoms with van der Waals surface area (Å²) in [6.07, 6.45) is 2.38. The van der Waals surface area contributed by atoms with Gasteiger partial charge in [0.15, 0.2) is 0 Å². The van der Waals surface area contributed by atoms with E-state index in [1.54, 1.807) is 7.11 Å². The zero-order valence-corrected chi connectivity index (χ0v) is 13.9. The van der Waals surface area contributed by atoms with E-state index in [-0.39, 0.29) is 0 Å². The van der Waals surface area contributed by atoms with Crippen molar-refractivity contribution in [3.8, 4) is 0 Å². The first kappa shape index (κ1) is 16.5. The van der Waals surface area contributed by atoms with Crippen LogP contribution in [-0.2, 0) is 4.74 Å². The Hall–Kier alpha value is -0.900. The minimum Gasteiger partial charge on any atom is -0.383 e. The van der Waals surface area contributed by atoms with Gasteiger partial charge in [0.05, 0.1) is 6.61 Å². The summed E-state index contributed by atoms with van der Waals surface area (Å²) >= 11 is 0. The first-order valence-corrected chi connectivity index (χ1v) is 8.20. The van der Waals surface area contributed by atoms with Gasteiger partial charge < -0.3 is 10.1 Å². The molecule has 3 unspecified atom stereocenters. The molecule has 3 heteroatoms. The van der Waals surface area contributed by atoms with E-state index in [1.165, 1.54) is 24.0 Å². The van der Waals surface area contributed by atoms with Crippen LogP contribution in [0.15, 0.2) is 24.3 Å². The van der Waals surface area contributed by atoms with Gasteiger partial charge in [-0.3, -0.25) is 4.90 Å². The molecule has 2 rings (SSSR count). The molecule has 0 bridgehead atoms. The zero-order chi connectivity index (χ0) is 15.2. The molecule has 3 nitrogen and oxygen atoms in total. The highest BCUT2D eigenvalue weighted by Gasteiger charge is 2.34. The van der Waals surface area contributed by atoms with Gasteiger partial charge in [0.1, 0.15) is 0 Å². The van der Waals surface area contributed by atoms with Gasteiger partial charge >= 0.3 is 0 Å². The largest absolute Gasteiger partial charge is 0.383 e. The van der Waals surface area contributed by atoms with Crippen LogP contribution in [0.5, 0.6) is 0 Å². The van der Waals surface area contributed by atoms with Crippen LogP contribution >= 0.6 is 0 Å². The molecular formula is C18H30N2O. The van der Waals surface area contributed by atoms with Gasteiger partial charge in [-0.05, 0) is 43.5 Å². The molecule has 0 saturated carbocycles. The van der Waals surface area contributed by atoms with Crippen molar-refractivity contribution in [3.05, 3.63) is 35.4 Å². The van der Waals surface area contributed by atoms with E-state index in [0.29, 0.717) is 18.0 Å². The van der Waals surface area contributed by atoms with E-state index in [9.17, 15) is 0 Å². The molecule has 1 aromatic rings. The minimum atomic E-state index is 0.430. The van der Waals surface area contributed by atoms with Gasteiger partial charge in [-0.25, -0.2) is 0 Å². The Morgan fingerprint density at radius 3 is 2.67 bits per heavy atom. The van der Waals surface area contributed by atoms with E-state index in [2.05, 4.69) is 55.4 Å². The van der Waals surface area contributed by atoms with Gasteiger partial charge in [-0.15, -0.1) is 0 Å². The van der Waals surface area contributed by atoms with Crippen LogP contribution in [0, 0.1) is 0 Å². The molecule has 0 heterocycles. The van der Waals surface area contributed by atoms with Gasteiger partial charge in [0.25, 0.3) is 0 Å². The standard InChI is InChI=1S/C18H30N2O/c1-5-10-19-18-16-9-7-6-8-15(16)14(2)13-17(18)20(3)11-12-21-4/h6-9,14,17-19H,5,10-13H2,1-4H3. The second-order valence-corrected chi connectivity index (χ2v) is 6.24. The predicted molar refractivity (Wildman–Crippen MR) is 88.8 cm³/mol. The van der Waals surface area contributed by atoms with Crippen LogP contribution < -0.4 is 5.32 Å². The molecule has 3 atom stereocenters. The third kappa shape index (κ3) is 3.85. The Morgan fingerprint density at radius 2 is 2.00 bits per heavy atom. The van der Waals surface area contributed by atoms with Crippen LogP contribution in [-0.4, -0.2) is 44.8 Å². The molecule has 1 N–H and O–H groups in total. The molecule has 21 heavy (non-hydrogen) atoms. The number of hydrogen-bond donors (Lipinski definition) is 1. The van der Waals surface area contributed by atoms with Crippen LogP contribution in [0.4, 0.5) is 0 Å². The van der Waals surface area contributed by atoms with Crippen molar-refractivity contribution in [3.63, 3.8) is 0 Å². The topological polar surface area (TPSA) is 24.5 Å².